The number of nitrogens with one attached hydrogen (secondary N) is 1. The Kier molecular flexibility index (Phi) is 4.91. The molecule has 0 amide bonds. The molecule has 0 radical (unpaired) electrons. The van der Waals surface area contributed by atoms with Crippen molar-refractivity contribution in [2.45, 2.75) is 6.54 Å². The molecule has 0 atom stereocenters. The first-order valence-corrected chi connectivity index (χ1v) is 7.02. The number of rotatable bonds is 4. The van der Waals surface area contributed by atoms with Crippen molar-refractivity contribution in [2.24, 2.45) is 0 Å². The summed E-state index contributed by atoms with van der Waals surface area (Å²) in [6.45, 7) is 0.581. The third kappa shape index (κ3) is 3.75. The van der Waals surface area contributed by atoms with Crippen LogP contribution in [0.15, 0.2) is 34.9 Å². The summed E-state index contributed by atoms with van der Waals surface area (Å²) in [7, 11) is 1.58. The van der Waals surface area contributed by atoms with Crippen LogP contribution in [0.4, 0.5) is 5.69 Å². The highest BCUT2D eigenvalue weighted by Gasteiger charge is 2.07. The second-order valence-electron chi connectivity index (χ2n) is 3.81. The highest BCUT2D eigenvalue weighted by atomic mass is 79.9. The van der Waals surface area contributed by atoms with E-state index in [9.17, 15) is 0 Å². The van der Waals surface area contributed by atoms with Crippen LogP contribution in [0.25, 0.3) is 0 Å². The molecule has 1 N–H and O–H groups in total. The van der Waals surface area contributed by atoms with Gasteiger partial charge in [-0.05, 0) is 17.7 Å². The molecule has 0 aliphatic heterocycles. The normalized spacial score (nSPS) is 10.3. The van der Waals surface area contributed by atoms with Crippen LogP contribution in [-0.2, 0) is 6.54 Å². The second kappa shape index (κ2) is 6.46. The summed E-state index contributed by atoms with van der Waals surface area (Å²) in [4.78, 5) is 4.13. The Morgan fingerprint density at radius 2 is 1.95 bits per heavy atom. The number of aromatic nitrogens is 1. The van der Waals surface area contributed by atoms with Crippen LogP contribution < -0.4 is 10.1 Å². The van der Waals surface area contributed by atoms with Gasteiger partial charge in [-0.1, -0.05) is 45.2 Å². The molecular weight excluding hydrogens is 351 g/mol. The van der Waals surface area contributed by atoms with E-state index in [1.807, 2.05) is 12.1 Å². The molecule has 1 heterocycles. The van der Waals surface area contributed by atoms with Crippen molar-refractivity contribution >= 4 is 44.8 Å². The fraction of sp³-hybridized carbons (Fsp3) is 0.154. The first-order chi connectivity index (χ1) is 9.10. The van der Waals surface area contributed by atoms with Crippen molar-refractivity contribution in [2.75, 3.05) is 12.4 Å². The van der Waals surface area contributed by atoms with Crippen LogP contribution >= 0.6 is 39.1 Å². The molecule has 1 aromatic heterocycles. The quantitative estimate of drug-likeness (QED) is 0.851. The number of anilines is 1. The van der Waals surface area contributed by atoms with E-state index < -0.39 is 0 Å². The largest absolute Gasteiger partial charge is 0.481 e. The summed E-state index contributed by atoms with van der Waals surface area (Å²) in [6, 6.07) is 7.32. The van der Waals surface area contributed by atoms with Gasteiger partial charge in [0, 0.05) is 23.3 Å². The number of halogens is 3. The smallest absolute Gasteiger partial charge is 0.212 e. The van der Waals surface area contributed by atoms with Crippen LogP contribution in [0.3, 0.4) is 0 Å². The molecule has 0 unspecified atom stereocenters. The minimum Gasteiger partial charge on any atom is -0.481 e. The lowest BCUT2D eigenvalue weighted by atomic mass is 10.2. The Bertz CT molecular complexity index is 552. The average Bonchev–Trinajstić information content (AvgIpc) is 2.38. The molecule has 0 aliphatic carbocycles. The van der Waals surface area contributed by atoms with Gasteiger partial charge in [0.2, 0.25) is 5.88 Å². The number of nitrogens with zero attached hydrogens (tertiary/aromatic N) is 1. The summed E-state index contributed by atoms with van der Waals surface area (Å²) in [5, 5.41) is 4.34. The monoisotopic (exact) mass is 360 g/mol. The number of methoxy groups -OCH3 is 1. The summed E-state index contributed by atoms with van der Waals surface area (Å²) < 4.78 is 5.85. The van der Waals surface area contributed by atoms with E-state index in [2.05, 4.69) is 26.2 Å². The maximum absolute atomic E-state index is 6.14. The van der Waals surface area contributed by atoms with Gasteiger partial charge in [0.1, 0.15) is 0 Å². The predicted molar refractivity (Wildman–Crippen MR) is 82.3 cm³/mol. The van der Waals surface area contributed by atoms with Crippen molar-refractivity contribution in [1.82, 2.24) is 4.98 Å². The van der Waals surface area contributed by atoms with Crippen LogP contribution in [0.1, 0.15) is 5.56 Å². The van der Waals surface area contributed by atoms with Gasteiger partial charge in [0.25, 0.3) is 0 Å². The third-order valence-electron chi connectivity index (χ3n) is 2.48. The van der Waals surface area contributed by atoms with Gasteiger partial charge in [-0.3, -0.25) is 0 Å². The van der Waals surface area contributed by atoms with E-state index in [-0.39, 0.29) is 0 Å². The van der Waals surface area contributed by atoms with Gasteiger partial charge in [0.15, 0.2) is 0 Å². The van der Waals surface area contributed by atoms with Gasteiger partial charge >= 0.3 is 0 Å². The molecule has 0 spiro atoms. The summed E-state index contributed by atoms with van der Waals surface area (Å²) >= 11 is 15.6. The Labute approximate surface area is 130 Å². The molecule has 0 bridgehead atoms. The fourth-order valence-electron chi connectivity index (χ4n) is 1.54. The number of pyridine rings is 1. The van der Waals surface area contributed by atoms with Crippen molar-refractivity contribution in [1.29, 1.82) is 0 Å². The topological polar surface area (TPSA) is 34.1 Å². The van der Waals surface area contributed by atoms with Gasteiger partial charge < -0.3 is 10.1 Å². The molecular formula is C13H11BrCl2N2O. The van der Waals surface area contributed by atoms with Gasteiger partial charge in [-0.2, -0.15) is 0 Å². The summed E-state index contributed by atoms with van der Waals surface area (Å²) in [6.07, 6.45) is 1.74. The van der Waals surface area contributed by atoms with E-state index in [1.165, 1.54) is 0 Å². The molecule has 100 valence electrons. The van der Waals surface area contributed by atoms with Gasteiger partial charge in [0.05, 0.1) is 22.8 Å². The molecule has 19 heavy (non-hydrogen) atoms. The first kappa shape index (κ1) is 14.4. The molecule has 2 aromatic rings. The lowest BCUT2D eigenvalue weighted by molar-refractivity contribution is 0.397. The number of benzene rings is 1. The Morgan fingerprint density at radius 3 is 2.47 bits per heavy atom. The van der Waals surface area contributed by atoms with Crippen LogP contribution in [-0.4, -0.2) is 12.1 Å². The molecule has 1 aromatic carbocycles. The maximum atomic E-state index is 6.14. The van der Waals surface area contributed by atoms with E-state index in [4.69, 9.17) is 27.9 Å². The SMILES string of the molecule is COc1ccc(CNc2c(Cl)cc(Br)cc2Cl)cn1. The molecule has 0 fully saturated rings. The Balaban J connectivity index is 2.10. The molecule has 0 saturated heterocycles. The lowest BCUT2D eigenvalue weighted by Crippen LogP contribution is -2.01. The average molecular weight is 362 g/mol. The molecule has 0 saturated carbocycles. The zero-order valence-corrected chi connectivity index (χ0v) is 13.2. The molecule has 2 rings (SSSR count). The van der Waals surface area contributed by atoms with E-state index >= 15 is 0 Å². The van der Waals surface area contributed by atoms with Crippen molar-refractivity contribution in [3.8, 4) is 5.88 Å². The Hall–Kier alpha value is -0.970. The Morgan fingerprint density at radius 1 is 1.26 bits per heavy atom. The fourth-order valence-corrected chi connectivity index (χ4v) is 2.88. The minimum absolute atomic E-state index is 0.570. The number of hydrogen-bond donors (Lipinski definition) is 1. The maximum Gasteiger partial charge on any atom is 0.212 e. The van der Waals surface area contributed by atoms with Crippen LogP contribution in [0, 0.1) is 0 Å². The van der Waals surface area contributed by atoms with Crippen LogP contribution in [0.5, 0.6) is 5.88 Å². The first-order valence-electron chi connectivity index (χ1n) is 5.47. The predicted octanol–water partition coefficient (Wildman–Crippen LogP) is 4.77. The van der Waals surface area contributed by atoms with Crippen LogP contribution in [0.2, 0.25) is 10.0 Å². The van der Waals surface area contributed by atoms with Crippen molar-refractivity contribution in [3.05, 3.63) is 50.5 Å². The summed E-state index contributed by atoms with van der Waals surface area (Å²) in [5.41, 5.74) is 1.72. The number of ether oxygens (including phenoxy) is 1. The summed E-state index contributed by atoms with van der Waals surface area (Å²) in [5.74, 6) is 0.587. The molecule has 6 heteroatoms. The third-order valence-corrected chi connectivity index (χ3v) is 3.54. The van der Waals surface area contributed by atoms with E-state index in [1.54, 1.807) is 25.4 Å². The zero-order chi connectivity index (χ0) is 13.8. The van der Waals surface area contributed by atoms with Crippen molar-refractivity contribution < 1.29 is 4.74 Å². The van der Waals surface area contributed by atoms with Crippen molar-refractivity contribution in [3.63, 3.8) is 0 Å². The molecule has 3 nitrogen and oxygen atoms in total. The van der Waals surface area contributed by atoms with Gasteiger partial charge in [-0.25, -0.2) is 4.98 Å². The number of hydrogen-bond acceptors (Lipinski definition) is 3. The lowest BCUT2D eigenvalue weighted by Gasteiger charge is -2.11. The zero-order valence-electron chi connectivity index (χ0n) is 10.1. The minimum atomic E-state index is 0.570. The van der Waals surface area contributed by atoms with Gasteiger partial charge in [-0.15, -0.1) is 0 Å². The standard InChI is InChI=1S/C13H11BrCl2N2O/c1-19-12-3-2-8(6-17-12)7-18-13-10(15)4-9(14)5-11(13)16/h2-6,18H,7H2,1H3. The highest BCUT2D eigenvalue weighted by Crippen LogP contribution is 2.34. The highest BCUT2D eigenvalue weighted by molar-refractivity contribution is 9.10. The second-order valence-corrected chi connectivity index (χ2v) is 5.54. The molecule has 0 aliphatic rings. The van der Waals surface area contributed by atoms with E-state index in [0.717, 1.165) is 10.0 Å². The van der Waals surface area contributed by atoms with E-state index in [0.29, 0.717) is 28.2 Å².